The van der Waals surface area contributed by atoms with Crippen molar-refractivity contribution in [2.24, 2.45) is 5.73 Å². The molecule has 0 spiro atoms. The number of amides is 2. The minimum atomic E-state index is -0.582. The van der Waals surface area contributed by atoms with Crippen molar-refractivity contribution < 1.29 is 19.1 Å². The molecule has 3 N–H and O–H groups in total. The van der Waals surface area contributed by atoms with Gasteiger partial charge in [0.2, 0.25) is 0 Å². The summed E-state index contributed by atoms with van der Waals surface area (Å²) in [4.78, 5) is 29.0. The van der Waals surface area contributed by atoms with Crippen LogP contribution in [0.4, 0.5) is 10.5 Å². The maximum absolute atomic E-state index is 12.1. The number of primary amides is 1. The van der Waals surface area contributed by atoms with E-state index < -0.39 is 18.1 Å². The third-order valence-corrected chi connectivity index (χ3v) is 6.26. The number of halogens is 1. The summed E-state index contributed by atoms with van der Waals surface area (Å²) in [6.07, 6.45) is 2.48. The van der Waals surface area contributed by atoms with Crippen LogP contribution in [-0.2, 0) is 4.74 Å². The van der Waals surface area contributed by atoms with Gasteiger partial charge in [-0.3, -0.25) is 14.5 Å². The number of thiophene rings is 1. The van der Waals surface area contributed by atoms with Crippen LogP contribution in [0.15, 0.2) is 54.9 Å². The third-order valence-electron chi connectivity index (χ3n) is 4.77. The summed E-state index contributed by atoms with van der Waals surface area (Å²) in [6, 6.07) is 12.6. The molecule has 8 nitrogen and oxygen atoms in total. The largest absolute Gasteiger partial charge is 0.484 e. The zero-order valence-electron chi connectivity index (χ0n) is 17.2. The molecule has 0 saturated carbocycles. The number of carbonyl (C=O) groups is 2. The Labute approximate surface area is 192 Å². The van der Waals surface area contributed by atoms with Crippen LogP contribution in [0.25, 0.3) is 16.2 Å². The summed E-state index contributed by atoms with van der Waals surface area (Å²) < 4.78 is 12.5. The van der Waals surface area contributed by atoms with E-state index in [4.69, 9.17) is 22.1 Å². The molecule has 32 heavy (non-hydrogen) atoms. The first-order valence-electron chi connectivity index (χ1n) is 9.54. The highest BCUT2D eigenvalue weighted by Gasteiger charge is 2.21. The lowest BCUT2D eigenvalue weighted by Gasteiger charge is -2.16. The number of imidazole rings is 1. The van der Waals surface area contributed by atoms with Gasteiger partial charge in [0.1, 0.15) is 22.4 Å². The molecule has 10 heteroatoms. The van der Waals surface area contributed by atoms with Gasteiger partial charge in [-0.1, -0.05) is 29.8 Å². The first-order chi connectivity index (χ1) is 15.4. The maximum atomic E-state index is 12.1. The molecule has 2 amide bonds. The Morgan fingerprint density at radius 2 is 2.03 bits per heavy atom. The molecule has 1 aromatic carbocycles. The van der Waals surface area contributed by atoms with E-state index in [0.717, 1.165) is 16.1 Å². The lowest BCUT2D eigenvalue weighted by Crippen LogP contribution is -2.12. The van der Waals surface area contributed by atoms with Crippen LogP contribution in [-0.4, -0.2) is 28.5 Å². The lowest BCUT2D eigenvalue weighted by molar-refractivity contribution is 0.0998. The number of nitrogens with one attached hydrogen (secondary N) is 1. The van der Waals surface area contributed by atoms with Gasteiger partial charge in [-0.15, -0.1) is 11.3 Å². The van der Waals surface area contributed by atoms with Gasteiger partial charge in [-0.05, 0) is 19.1 Å². The molecule has 0 radical (unpaired) electrons. The van der Waals surface area contributed by atoms with Crippen LogP contribution < -0.4 is 15.8 Å². The first kappa shape index (κ1) is 21.7. The maximum Gasteiger partial charge on any atom is 0.411 e. The lowest BCUT2D eigenvalue weighted by atomic mass is 10.1. The number of hydrogen-bond acceptors (Lipinski definition) is 6. The fourth-order valence-electron chi connectivity index (χ4n) is 3.23. The number of ether oxygens (including phenoxy) is 2. The topological polar surface area (TPSA) is 108 Å². The summed E-state index contributed by atoms with van der Waals surface area (Å²) in [5.74, 6) is -0.204. The number of methoxy groups -OCH3 is 1. The average molecular weight is 471 g/mol. The van der Waals surface area contributed by atoms with Crippen LogP contribution in [0, 0.1) is 0 Å². The predicted molar refractivity (Wildman–Crippen MR) is 124 cm³/mol. The zero-order valence-corrected chi connectivity index (χ0v) is 18.7. The average Bonchev–Trinajstić information content (AvgIpc) is 3.37. The Morgan fingerprint density at radius 1 is 1.25 bits per heavy atom. The van der Waals surface area contributed by atoms with Crippen LogP contribution in [0.2, 0.25) is 5.02 Å². The number of pyridine rings is 1. The Bertz CT molecular complexity index is 1320. The summed E-state index contributed by atoms with van der Waals surface area (Å²) in [5.41, 5.74) is 8.31. The van der Waals surface area contributed by atoms with Crippen LogP contribution in [0.1, 0.15) is 28.3 Å². The highest BCUT2D eigenvalue weighted by molar-refractivity contribution is 7.17. The molecule has 0 aliphatic rings. The normalized spacial score (nSPS) is 11.8. The zero-order chi connectivity index (χ0) is 22.8. The smallest absolute Gasteiger partial charge is 0.411 e. The Balaban J connectivity index is 1.67. The molecule has 0 unspecified atom stereocenters. The molecule has 164 valence electrons. The van der Waals surface area contributed by atoms with E-state index in [1.165, 1.54) is 18.4 Å². The van der Waals surface area contributed by atoms with E-state index >= 15 is 0 Å². The Hall–Kier alpha value is -3.56. The number of fused-ring (bicyclic) bond motifs is 1. The molecule has 3 aromatic heterocycles. The molecule has 0 saturated heterocycles. The quantitative estimate of drug-likeness (QED) is 0.406. The van der Waals surface area contributed by atoms with Gasteiger partial charge >= 0.3 is 6.09 Å². The molecule has 4 rings (SSSR count). The number of carbonyl (C=O) groups excluding carboxylic acids is 2. The second-order valence-corrected chi connectivity index (χ2v) is 8.31. The van der Waals surface area contributed by atoms with Crippen LogP contribution in [0.5, 0.6) is 5.75 Å². The van der Waals surface area contributed by atoms with Gasteiger partial charge in [0.05, 0.1) is 23.9 Å². The van der Waals surface area contributed by atoms with Crippen molar-refractivity contribution in [3.8, 4) is 16.3 Å². The Kier molecular flexibility index (Phi) is 6.02. The summed E-state index contributed by atoms with van der Waals surface area (Å²) in [7, 11) is 1.29. The summed E-state index contributed by atoms with van der Waals surface area (Å²) >= 11 is 7.50. The minimum absolute atomic E-state index is 0.304. The molecule has 1 atom stereocenters. The fourth-order valence-corrected chi connectivity index (χ4v) is 4.47. The van der Waals surface area contributed by atoms with Gasteiger partial charge < -0.3 is 15.2 Å². The van der Waals surface area contributed by atoms with Gasteiger partial charge in [0.25, 0.3) is 5.91 Å². The predicted octanol–water partition coefficient (Wildman–Crippen LogP) is 5.13. The molecule has 0 fully saturated rings. The standard InChI is InChI=1S/C22H19ClN4O4S/c1-12(14-5-3-4-6-15(14)23)31-17-10-18(32-20(17)21(24)28)16-11-25-19-9-13(7-8-27(16)19)26-22(29)30-2/h3-12H,1-2H3,(H2,24,28)(H,26,29)/t12-/m0/s1. The van der Waals surface area contributed by atoms with Crippen molar-refractivity contribution in [3.05, 3.63) is 70.3 Å². The van der Waals surface area contributed by atoms with Crippen molar-refractivity contribution in [2.75, 3.05) is 12.4 Å². The van der Waals surface area contributed by atoms with Gasteiger partial charge in [0, 0.05) is 34.6 Å². The van der Waals surface area contributed by atoms with Crippen molar-refractivity contribution in [3.63, 3.8) is 0 Å². The van der Waals surface area contributed by atoms with Crippen LogP contribution in [0.3, 0.4) is 0 Å². The van der Waals surface area contributed by atoms with Crippen molar-refractivity contribution in [2.45, 2.75) is 13.0 Å². The number of anilines is 1. The van der Waals surface area contributed by atoms with E-state index in [1.54, 1.807) is 36.7 Å². The summed E-state index contributed by atoms with van der Waals surface area (Å²) in [5, 5.41) is 3.18. The fraction of sp³-hybridized carbons (Fsp3) is 0.136. The van der Waals surface area contributed by atoms with Crippen molar-refractivity contribution in [1.82, 2.24) is 9.38 Å². The number of nitrogens with zero attached hydrogens (tertiary/aromatic N) is 2. The van der Waals surface area contributed by atoms with E-state index in [9.17, 15) is 9.59 Å². The molecule has 0 bridgehead atoms. The molecule has 3 heterocycles. The molecule has 4 aromatic rings. The minimum Gasteiger partial charge on any atom is -0.484 e. The van der Waals surface area contributed by atoms with Crippen LogP contribution >= 0.6 is 22.9 Å². The SMILES string of the molecule is COC(=O)Nc1ccn2c(-c3cc(O[C@@H](C)c4ccccc4Cl)c(C(N)=O)s3)cnc2c1. The highest BCUT2D eigenvalue weighted by atomic mass is 35.5. The van der Waals surface area contributed by atoms with Gasteiger partial charge in [0.15, 0.2) is 0 Å². The first-order valence-corrected chi connectivity index (χ1v) is 10.7. The second-order valence-electron chi connectivity index (χ2n) is 6.85. The van der Waals surface area contributed by atoms with Crippen molar-refractivity contribution in [1.29, 1.82) is 0 Å². The van der Waals surface area contributed by atoms with Crippen molar-refractivity contribution >= 4 is 46.3 Å². The van der Waals surface area contributed by atoms with E-state index in [1.807, 2.05) is 29.5 Å². The molecular weight excluding hydrogens is 452 g/mol. The number of aromatic nitrogens is 2. The molecule has 0 aliphatic heterocycles. The van der Waals surface area contributed by atoms with Gasteiger partial charge in [-0.25, -0.2) is 9.78 Å². The number of hydrogen-bond donors (Lipinski definition) is 2. The highest BCUT2D eigenvalue weighted by Crippen LogP contribution is 2.39. The third kappa shape index (κ3) is 4.25. The van der Waals surface area contributed by atoms with Gasteiger partial charge in [-0.2, -0.15) is 0 Å². The molecular formula is C22H19ClN4O4S. The molecule has 0 aliphatic carbocycles. The monoisotopic (exact) mass is 470 g/mol. The summed E-state index contributed by atoms with van der Waals surface area (Å²) in [6.45, 7) is 1.85. The number of benzene rings is 1. The Morgan fingerprint density at radius 3 is 2.75 bits per heavy atom. The number of nitrogens with two attached hydrogens (primary N) is 1. The number of rotatable bonds is 6. The second kappa shape index (κ2) is 8.89. The van der Waals surface area contributed by atoms with E-state index in [0.29, 0.717) is 27.0 Å². The van der Waals surface area contributed by atoms with E-state index in [-0.39, 0.29) is 0 Å². The van der Waals surface area contributed by atoms with E-state index in [2.05, 4.69) is 15.0 Å².